The summed E-state index contributed by atoms with van der Waals surface area (Å²) >= 11 is 2.13. The quantitative estimate of drug-likeness (QED) is 0.846. The van der Waals surface area contributed by atoms with Crippen molar-refractivity contribution in [3.05, 3.63) is 27.6 Å². The van der Waals surface area contributed by atoms with E-state index in [0.717, 1.165) is 14.8 Å². The summed E-state index contributed by atoms with van der Waals surface area (Å²) in [5.41, 5.74) is 7.49. The Kier molecular flexibility index (Phi) is 3.41. The number of aryl methyl sites for hydroxylation is 1. The molecule has 0 aliphatic heterocycles. The molecule has 5 nitrogen and oxygen atoms in total. The largest absolute Gasteiger partial charge is 0.481 e. The van der Waals surface area contributed by atoms with Crippen LogP contribution in [0.4, 0.5) is 5.82 Å². The molecule has 0 fully saturated rings. The van der Waals surface area contributed by atoms with E-state index in [-0.39, 0.29) is 0 Å². The summed E-state index contributed by atoms with van der Waals surface area (Å²) < 4.78 is 5.88. The molecule has 0 saturated heterocycles. The fourth-order valence-corrected chi connectivity index (χ4v) is 1.59. The number of ether oxygens (including phenoxy) is 1. The zero-order valence-electron chi connectivity index (χ0n) is 9.44. The van der Waals surface area contributed by atoms with Crippen LogP contribution in [0.2, 0.25) is 0 Å². The Labute approximate surface area is 113 Å². The SMILES string of the molecule is COc1ccc(-c2nc(C)c(I)c(N)n2)cn1. The molecular weight excluding hydrogens is 331 g/mol. The summed E-state index contributed by atoms with van der Waals surface area (Å²) in [4.78, 5) is 12.7. The van der Waals surface area contributed by atoms with E-state index >= 15 is 0 Å². The molecule has 0 atom stereocenters. The summed E-state index contributed by atoms with van der Waals surface area (Å²) in [5.74, 6) is 1.63. The summed E-state index contributed by atoms with van der Waals surface area (Å²) in [6, 6.07) is 3.62. The van der Waals surface area contributed by atoms with E-state index in [0.29, 0.717) is 17.5 Å². The molecule has 6 heteroatoms. The molecule has 2 N–H and O–H groups in total. The lowest BCUT2D eigenvalue weighted by Gasteiger charge is -2.06. The number of rotatable bonds is 2. The number of pyridine rings is 1. The predicted molar refractivity (Wildman–Crippen MR) is 73.7 cm³/mol. The number of hydrogen-bond donors (Lipinski definition) is 1. The minimum Gasteiger partial charge on any atom is -0.481 e. The second kappa shape index (κ2) is 4.82. The molecule has 0 aliphatic rings. The molecule has 0 amide bonds. The first kappa shape index (κ1) is 12.0. The maximum Gasteiger partial charge on any atom is 0.212 e. The van der Waals surface area contributed by atoms with Crippen molar-refractivity contribution in [3.8, 4) is 17.3 Å². The number of aromatic nitrogens is 3. The molecule has 17 heavy (non-hydrogen) atoms. The van der Waals surface area contributed by atoms with Gasteiger partial charge in [-0.2, -0.15) is 0 Å². The molecule has 0 spiro atoms. The van der Waals surface area contributed by atoms with Crippen LogP contribution in [0.25, 0.3) is 11.4 Å². The van der Waals surface area contributed by atoms with E-state index < -0.39 is 0 Å². The van der Waals surface area contributed by atoms with Crippen LogP contribution in [0, 0.1) is 10.5 Å². The average molecular weight is 342 g/mol. The minimum atomic E-state index is 0.490. The van der Waals surface area contributed by atoms with Gasteiger partial charge in [0.25, 0.3) is 0 Å². The maximum atomic E-state index is 5.81. The fraction of sp³-hybridized carbons (Fsp3) is 0.182. The van der Waals surface area contributed by atoms with E-state index in [9.17, 15) is 0 Å². The third-order valence-corrected chi connectivity index (χ3v) is 3.58. The Hall–Kier alpha value is -1.44. The zero-order chi connectivity index (χ0) is 12.4. The molecule has 2 aromatic heterocycles. The smallest absolute Gasteiger partial charge is 0.212 e. The second-order valence-electron chi connectivity index (χ2n) is 3.42. The van der Waals surface area contributed by atoms with Crippen molar-refractivity contribution in [2.24, 2.45) is 0 Å². The van der Waals surface area contributed by atoms with Gasteiger partial charge in [-0.25, -0.2) is 15.0 Å². The highest BCUT2D eigenvalue weighted by Gasteiger charge is 2.08. The summed E-state index contributed by atoms with van der Waals surface area (Å²) in [6.07, 6.45) is 1.67. The molecule has 0 saturated carbocycles. The van der Waals surface area contributed by atoms with Crippen molar-refractivity contribution in [3.63, 3.8) is 0 Å². The number of methoxy groups -OCH3 is 1. The van der Waals surface area contributed by atoms with Crippen LogP contribution in [0.5, 0.6) is 5.88 Å². The van der Waals surface area contributed by atoms with Gasteiger partial charge in [0.05, 0.1) is 16.4 Å². The molecule has 88 valence electrons. The van der Waals surface area contributed by atoms with E-state index in [1.54, 1.807) is 19.4 Å². The summed E-state index contributed by atoms with van der Waals surface area (Å²) in [6.45, 7) is 1.90. The molecule has 0 unspecified atom stereocenters. The van der Waals surface area contributed by atoms with Crippen LogP contribution >= 0.6 is 22.6 Å². The van der Waals surface area contributed by atoms with E-state index in [2.05, 4.69) is 37.5 Å². The summed E-state index contributed by atoms with van der Waals surface area (Å²) in [5, 5.41) is 0. The van der Waals surface area contributed by atoms with Crippen molar-refractivity contribution in [1.82, 2.24) is 15.0 Å². The van der Waals surface area contributed by atoms with Crippen LogP contribution in [-0.2, 0) is 0 Å². The molecule has 0 bridgehead atoms. The molecule has 0 aliphatic carbocycles. The highest BCUT2D eigenvalue weighted by Crippen LogP contribution is 2.22. The Morgan fingerprint density at radius 1 is 1.29 bits per heavy atom. The molecule has 2 aromatic rings. The van der Waals surface area contributed by atoms with Crippen LogP contribution in [-0.4, -0.2) is 22.1 Å². The summed E-state index contributed by atoms with van der Waals surface area (Å²) in [7, 11) is 1.57. The molecule has 2 rings (SSSR count). The van der Waals surface area contributed by atoms with Crippen molar-refractivity contribution < 1.29 is 4.74 Å². The normalized spacial score (nSPS) is 10.3. The van der Waals surface area contributed by atoms with Gasteiger partial charge in [-0.05, 0) is 35.6 Å². The van der Waals surface area contributed by atoms with E-state index in [4.69, 9.17) is 10.5 Å². The zero-order valence-corrected chi connectivity index (χ0v) is 11.6. The van der Waals surface area contributed by atoms with Gasteiger partial charge in [0.2, 0.25) is 5.88 Å². The van der Waals surface area contributed by atoms with E-state index in [1.807, 2.05) is 13.0 Å². The van der Waals surface area contributed by atoms with Crippen LogP contribution in [0.15, 0.2) is 18.3 Å². The van der Waals surface area contributed by atoms with Crippen molar-refractivity contribution >= 4 is 28.4 Å². The van der Waals surface area contributed by atoms with Crippen molar-refractivity contribution in [2.45, 2.75) is 6.92 Å². The van der Waals surface area contributed by atoms with Gasteiger partial charge in [0.15, 0.2) is 5.82 Å². The standard InChI is InChI=1S/C11H11IN4O/c1-6-9(12)10(13)16-11(15-6)7-3-4-8(17-2)14-5-7/h3-5H,1-2H3,(H2,13,15,16). The lowest BCUT2D eigenvalue weighted by molar-refractivity contribution is 0.398. The first-order valence-corrected chi connectivity index (χ1v) is 5.99. The fourth-order valence-electron chi connectivity index (χ4n) is 1.34. The Bertz CT molecular complexity index is 519. The lowest BCUT2D eigenvalue weighted by atomic mass is 10.2. The lowest BCUT2D eigenvalue weighted by Crippen LogP contribution is -2.02. The van der Waals surface area contributed by atoms with E-state index in [1.165, 1.54) is 0 Å². The van der Waals surface area contributed by atoms with Gasteiger partial charge in [-0.15, -0.1) is 0 Å². The van der Waals surface area contributed by atoms with Crippen molar-refractivity contribution in [2.75, 3.05) is 12.8 Å². The minimum absolute atomic E-state index is 0.490. The first-order chi connectivity index (χ1) is 8.11. The van der Waals surface area contributed by atoms with Crippen LogP contribution < -0.4 is 10.5 Å². The number of hydrogen-bond acceptors (Lipinski definition) is 5. The first-order valence-electron chi connectivity index (χ1n) is 4.92. The van der Waals surface area contributed by atoms with Gasteiger partial charge in [-0.1, -0.05) is 0 Å². The monoisotopic (exact) mass is 342 g/mol. The topological polar surface area (TPSA) is 73.9 Å². The average Bonchev–Trinajstić information content (AvgIpc) is 2.35. The van der Waals surface area contributed by atoms with Crippen LogP contribution in [0.3, 0.4) is 0 Å². The number of nitrogen functional groups attached to an aromatic ring is 1. The maximum absolute atomic E-state index is 5.81. The number of halogens is 1. The molecule has 0 aromatic carbocycles. The third-order valence-electron chi connectivity index (χ3n) is 2.25. The Morgan fingerprint density at radius 3 is 2.59 bits per heavy atom. The highest BCUT2D eigenvalue weighted by molar-refractivity contribution is 14.1. The third kappa shape index (κ3) is 2.46. The molecule has 0 radical (unpaired) electrons. The second-order valence-corrected chi connectivity index (χ2v) is 4.50. The van der Waals surface area contributed by atoms with Crippen LogP contribution in [0.1, 0.15) is 5.69 Å². The Morgan fingerprint density at radius 2 is 2.06 bits per heavy atom. The Balaban J connectivity index is 2.45. The van der Waals surface area contributed by atoms with Gasteiger partial charge >= 0.3 is 0 Å². The molecule has 2 heterocycles. The highest BCUT2D eigenvalue weighted by atomic mass is 127. The van der Waals surface area contributed by atoms with Gasteiger partial charge in [0.1, 0.15) is 5.82 Å². The van der Waals surface area contributed by atoms with Gasteiger partial charge < -0.3 is 10.5 Å². The van der Waals surface area contributed by atoms with Crippen molar-refractivity contribution in [1.29, 1.82) is 0 Å². The predicted octanol–water partition coefficient (Wildman–Crippen LogP) is 2.04. The number of nitrogens with two attached hydrogens (primary N) is 1. The number of anilines is 1. The molecular formula is C11H11IN4O. The number of nitrogens with zero attached hydrogens (tertiary/aromatic N) is 3. The van der Waals surface area contributed by atoms with Gasteiger partial charge in [0, 0.05) is 17.8 Å². The van der Waals surface area contributed by atoms with Gasteiger partial charge in [-0.3, -0.25) is 0 Å².